The van der Waals surface area contributed by atoms with Crippen molar-refractivity contribution in [1.82, 2.24) is 10.2 Å². The van der Waals surface area contributed by atoms with Gasteiger partial charge in [-0.3, -0.25) is 4.79 Å². The van der Waals surface area contributed by atoms with E-state index in [0.29, 0.717) is 11.8 Å². The number of nitrogens with one attached hydrogen (secondary N) is 1. The summed E-state index contributed by atoms with van der Waals surface area (Å²) in [6.45, 7) is 9.50. The number of hydrogen-bond acceptors (Lipinski definition) is 2. The summed E-state index contributed by atoms with van der Waals surface area (Å²) in [4.78, 5) is 15.1. The van der Waals surface area contributed by atoms with Gasteiger partial charge in [0.1, 0.15) is 0 Å². The van der Waals surface area contributed by atoms with Gasteiger partial charge in [0, 0.05) is 13.1 Å². The molecule has 148 valence electrons. The summed E-state index contributed by atoms with van der Waals surface area (Å²) in [6, 6.07) is -0.0606. The summed E-state index contributed by atoms with van der Waals surface area (Å²) < 4.78 is 0. The van der Waals surface area contributed by atoms with E-state index in [-0.39, 0.29) is 22.7 Å². The first-order valence-corrected chi connectivity index (χ1v) is 11.1. The molecule has 0 spiro atoms. The minimum Gasteiger partial charge on any atom is -0.341 e. The highest BCUT2D eigenvalue weighted by atomic mass is 35.5. The van der Waals surface area contributed by atoms with Gasteiger partial charge in [-0.15, -0.1) is 11.6 Å². The summed E-state index contributed by atoms with van der Waals surface area (Å²) in [7, 11) is 0. The molecule has 4 atom stereocenters. The number of alkyl halides is 1. The zero-order valence-electron chi connectivity index (χ0n) is 16.8. The van der Waals surface area contributed by atoms with E-state index in [1.807, 2.05) is 6.92 Å². The monoisotopic (exact) mass is 380 g/mol. The lowest BCUT2D eigenvalue weighted by atomic mass is 9.65. The molecule has 1 heterocycles. The van der Waals surface area contributed by atoms with Crippen LogP contribution in [-0.4, -0.2) is 41.9 Å². The van der Waals surface area contributed by atoms with E-state index >= 15 is 0 Å². The second kappa shape index (κ2) is 8.65. The molecule has 3 unspecified atom stereocenters. The van der Waals surface area contributed by atoms with Crippen LogP contribution in [0.3, 0.4) is 0 Å². The Morgan fingerprint density at radius 1 is 1.19 bits per heavy atom. The Hall–Kier alpha value is -0.540. The standard InChI is InChI=1S/C22H37ClN2O/c1-16(24-14-17-6-4-5-7-17)21(26)25-13-12-20(22(2,3)15-25)18-8-10-19(23)11-9-18/h8,10,16-20,24H,4-7,9,11-15H2,1-3H3/t16-,18?,19?,20?/m1/s1. The van der Waals surface area contributed by atoms with E-state index in [1.54, 1.807) is 0 Å². The van der Waals surface area contributed by atoms with Crippen molar-refractivity contribution in [1.29, 1.82) is 0 Å². The van der Waals surface area contributed by atoms with Crippen molar-refractivity contribution in [3.05, 3.63) is 12.2 Å². The number of carbonyl (C=O) groups is 1. The highest BCUT2D eigenvalue weighted by Gasteiger charge is 2.41. The molecule has 0 bridgehead atoms. The summed E-state index contributed by atoms with van der Waals surface area (Å²) >= 11 is 6.22. The molecule has 0 aromatic heterocycles. The maximum absolute atomic E-state index is 12.9. The van der Waals surface area contributed by atoms with Crippen LogP contribution in [-0.2, 0) is 4.79 Å². The minimum absolute atomic E-state index is 0.0606. The van der Waals surface area contributed by atoms with Crippen molar-refractivity contribution in [3.63, 3.8) is 0 Å². The molecule has 1 N–H and O–H groups in total. The predicted octanol–water partition coefficient (Wildman–Crippen LogP) is 4.60. The molecule has 1 amide bonds. The van der Waals surface area contributed by atoms with E-state index in [2.05, 4.69) is 36.2 Å². The Morgan fingerprint density at radius 3 is 2.54 bits per heavy atom. The SMILES string of the molecule is C[C@@H](NCC1CCCC1)C(=O)N1CCC(C2C=CC(Cl)CC2)C(C)(C)C1. The lowest BCUT2D eigenvalue weighted by Crippen LogP contribution is -2.54. The third-order valence-electron chi connectivity index (χ3n) is 7.04. The van der Waals surface area contributed by atoms with E-state index in [4.69, 9.17) is 11.6 Å². The third kappa shape index (κ3) is 4.84. The topological polar surface area (TPSA) is 32.3 Å². The van der Waals surface area contributed by atoms with E-state index in [9.17, 15) is 4.79 Å². The summed E-state index contributed by atoms with van der Waals surface area (Å²) in [5, 5.41) is 3.72. The average Bonchev–Trinajstić information content (AvgIpc) is 3.13. The summed E-state index contributed by atoms with van der Waals surface area (Å²) in [5.74, 6) is 2.33. The van der Waals surface area contributed by atoms with Gasteiger partial charge < -0.3 is 10.2 Å². The Kier molecular flexibility index (Phi) is 6.72. The Labute approximate surface area is 164 Å². The molecule has 2 aliphatic carbocycles. The number of allylic oxidation sites excluding steroid dienone is 2. The molecule has 3 nitrogen and oxygen atoms in total. The summed E-state index contributed by atoms with van der Waals surface area (Å²) in [6.07, 6.45) is 13.3. The van der Waals surface area contributed by atoms with Gasteiger partial charge in [-0.05, 0) is 68.7 Å². The fourth-order valence-corrected chi connectivity index (χ4v) is 5.63. The minimum atomic E-state index is -0.0606. The highest BCUT2D eigenvalue weighted by molar-refractivity contribution is 6.21. The molecule has 4 heteroatoms. The molecule has 1 saturated heterocycles. The van der Waals surface area contributed by atoms with Crippen molar-refractivity contribution in [2.75, 3.05) is 19.6 Å². The van der Waals surface area contributed by atoms with Crippen molar-refractivity contribution in [2.45, 2.75) is 77.1 Å². The molecular weight excluding hydrogens is 344 g/mol. The van der Waals surface area contributed by atoms with Crippen LogP contribution >= 0.6 is 11.6 Å². The first-order valence-electron chi connectivity index (χ1n) is 10.7. The van der Waals surface area contributed by atoms with Gasteiger partial charge >= 0.3 is 0 Å². The molecule has 2 fully saturated rings. The lowest BCUT2D eigenvalue weighted by Gasteiger charge is -2.48. The van der Waals surface area contributed by atoms with E-state index in [1.165, 1.54) is 32.1 Å². The number of nitrogens with zero attached hydrogens (tertiary/aromatic N) is 1. The fraction of sp³-hybridized carbons (Fsp3) is 0.864. The van der Waals surface area contributed by atoms with Crippen molar-refractivity contribution in [2.24, 2.45) is 23.2 Å². The Bertz CT molecular complexity index is 512. The first kappa shape index (κ1) is 20.2. The quantitative estimate of drug-likeness (QED) is 0.558. The zero-order valence-corrected chi connectivity index (χ0v) is 17.6. The molecule has 0 aromatic carbocycles. The molecule has 3 aliphatic rings. The molecule has 0 aromatic rings. The Balaban J connectivity index is 1.52. The number of piperidine rings is 1. The van der Waals surface area contributed by atoms with Gasteiger partial charge in [-0.2, -0.15) is 0 Å². The van der Waals surface area contributed by atoms with Gasteiger partial charge in [0.2, 0.25) is 5.91 Å². The van der Waals surface area contributed by atoms with Crippen molar-refractivity contribution >= 4 is 17.5 Å². The van der Waals surface area contributed by atoms with E-state index < -0.39 is 0 Å². The van der Waals surface area contributed by atoms with Crippen LogP contribution < -0.4 is 5.32 Å². The van der Waals surface area contributed by atoms with Crippen LogP contribution in [0.25, 0.3) is 0 Å². The largest absolute Gasteiger partial charge is 0.341 e. The summed E-state index contributed by atoms with van der Waals surface area (Å²) in [5.41, 5.74) is 0.160. The molecule has 3 rings (SSSR count). The van der Waals surface area contributed by atoms with Crippen LogP contribution in [0.2, 0.25) is 0 Å². The molecule has 1 aliphatic heterocycles. The van der Waals surface area contributed by atoms with Crippen LogP contribution in [0.1, 0.15) is 65.7 Å². The van der Waals surface area contributed by atoms with Gasteiger partial charge in [0.05, 0.1) is 11.4 Å². The normalized spacial score (nSPS) is 33.4. The van der Waals surface area contributed by atoms with Gasteiger partial charge in [0.15, 0.2) is 0 Å². The number of likely N-dealkylation sites (tertiary alicyclic amines) is 1. The number of rotatable bonds is 5. The lowest BCUT2D eigenvalue weighted by molar-refractivity contribution is -0.138. The van der Waals surface area contributed by atoms with Crippen LogP contribution in [0.5, 0.6) is 0 Å². The van der Waals surface area contributed by atoms with Crippen LogP contribution in [0.15, 0.2) is 12.2 Å². The van der Waals surface area contributed by atoms with Crippen molar-refractivity contribution in [3.8, 4) is 0 Å². The Morgan fingerprint density at radius 2 is 1.92 bits per heavy atom. The highest BCUT2D eigenvalue weighted by Crippen LogP contribution is 2.43. The molecule has 0 radical (unpaired) electrons. The predicted molar refractivity (Wildman–Crippen MR) is 109 cm³/mol. The average molecular weight is 381 g/mol. The van der Waals surface area contributed by atoms with Gasteiger partial charge in [0.25, 0.3) is 0 Å². The third-order valence-corrected chi connectivity index (χ3v) is 7.41. The fourth-order valence-electron chi connectivity index (χ4n) is 5.42. The van der Waals surface area contributed by atoms with Gasteiger partial charge in [-0.1, -0.05) is 38.8 Å². The number of amides is 1. The van der Waals surface area contributed by atoms with Crippen LogP contribution in [0.4, 0.5) is 0 Å². The zero-order chi connectivity index (χ0) is 18.7. The molecule has 1 saturated carbocycles. The number of carbonyl (C=O) groups excluding carboxylic acids is 1. The van der Waals surface area contributed by atoms with Crippen LogP contribution in [0, 0.1) is 23.2 Å². The molecular formula is C22H37ClN2O. The smallest absolute Gasteiger partial charge is 0.239 e. The maximum atomic E-state index is 12.9. The first-order chi connectivity index (χ1) is 12.4. The number of halogens is 1. The number of hydrogen-bond donors (Lipinski definition) is 1. The second-order valence-corrected chi connectivity index (χ2v) is 10.1. The second-order valence-electron chi connectivity index (χ2n) is 9.57. The van der Waals surface area contributed by atoms with Gasteiger partial charge in [-0.25, -0.2) is 0 Å². The van der Waals surface area contributed by atoms with Crippen molar-refractivity contribution < 1.29 is 4.79 Å². The maximum Gasteiger partial charge on any atom is 0.239 e. The molecule has 26 heavy (non-hydrogen) atoms. The van der Waals surface area contributed by atoms with E-state index in [0.717, 1.165) is 38.4 Å².